The quantitative estimate of drug-likeness (QED) is 0.914. The SMILES string of the molecule is NCc1c(Br)cccc1N(Cc1ccco1)C1CC1. The van der Waals surface area contributed by atoms with Crippen LogP contribution in [0.25, 0.3) is 0 Å². The van der Waals surface area contributed by atoms with Crippen LogP contribution in [0.3, 0.4) is 0 Å². The van der Waals surface area contributed by atoms with Gasteiger partial charge in [-0.25, -0.2) is 0 Å². The van der Waals surface area contributed by atoms with Crippen LogP contribution in [0, 0.1) is 0 Å². The van der Waals surface area contributed by atoms with Crippen molar-refractivity contribution in [1.82, 2.24) is 0 Å². The summed E-state index contributed by atoms with van der Waals surface area (Å²) in [6.07, 6.45) is 4.22. The molecule has 1 aliphatic rings. The van der Waals surface area contributed by atoms with Crippen molar-refractivity contribution in [3.05, 3.63) is 52.4 Å². The highest BCUT2D eigenvalue weighted by molar-refractivity contribution is 9.10. The van der Waals surface area contributed by atoms with Crippen molar-refractivity contribution in [2.45, 2.75) is 32.0 Å². The summed E-state index contributed by atoms with van der Waals surface area (Å²) < 4.78 is 6.56. The van der Waals surface area contributed by atoms with Crippen molar-refractivity contribution >= 4 is 21.6 Å². The average Bonchev–Trinajstić information content (AvgIpc) is 3.13. The van der Waals surface area contributed by atoms with E-state index in [1.165, 1.54) is 24.1 Å². The number of benzene rings is 1. The Bertz CT molecular complexity index is 549. The van der Waals surface area contributed by atoms with E-state index in [1.807, 2.05) is 18.2 Å². The largest absolute Gasteiger partial charge is 0.467 e. The van der Waals surface area contributed by atoms with Crippen LogP contribution in [0.2, 0.25) is 0 Å². The molecule has 2 aromatic rings. The Labute approximate surface area is 121 Å². The number of halogens is 1. The molecule has 100 valence electrons. The van der Waals surface area contributed by atoms with Crippen LogP contribution in [0.4, 0.5) is 5.69 Å². The molecule has 19 heavy (non-hydrogen) atoms. The van der Waals surface area contributed by atoms with Crippen molar-refractivity contribution in [2.24, 2.45) is 5.73 Å². The molecule has 1 fully saturated rings. The van der Waals surface area contributed by atoms with Crippen molar-refractivity contribution in [3.63, 3.8) is 0 Å². The highest BCUT2D eigenvalue weighted by Gasteiger charge is 2.31. The topological polar surface area (TPSA) is 42.4 Å². The van der Waals surface area contributed by atoms with Gasteiger partial charge in [0.15, 0.2) is 0 Å². The highest BCUT2D eigenvalue weighted by atomic mass is 79.9. The molecule has 0 amide bonds. The summed E-state index contributed by atoms with van der Waals surface area (Å²) in [7, 11) is 0. The Kier molecular flexibility index (Phi) is 3.62. The summed E-state index contributed by atoms with van der Waals surface area (Å²) >= 11 is 3.59. The Morgan fingerprint density at radius 1 is 1.26 bits per heavy atom. The minimum Gasteiger partial charge on any atom is -0.467 e. The fourth-order valence-corrected chi connectivity index (χ4v) is 2.90. The molecule has 0 bridgehead atoms. The number of anilines is 1. The van der Waals surface area contributed by atoms with E-state index < -0.39 is 0 Å². The van der Waals surface area contributed by atoms with Crippen LogP contribution in [0.5, 0.6) is 0 Å². The van der Waals surface area contributed by atoms with Gasteiger partial charge in [0.05, 0.1) is 12.8 Å². The molecule has 1 aliphatic carbocycles. The van der Waals surface area contributed by atoms with E-state index >= 15 is 0 Å². The van der Waals surface area contributed by atoms with Gasteiger partial charge in [-0.2, -0.15) is 0 Å². The Morgan fingerprint density at radius 3 is 2.74 bits per heavy atom. The molecule has 2 N–H and O–H groups in total. The molecule has 3 rings (SSSR count). The van der Waals surface area contributed by atoms with Crippen LogP contribution in [0.15, 0.2) is 45.5 Å². The predicted octanol–water partition coefficient (Wildman–Crippen LogP) is 3.67. The maximum atomic E-state index is 5.90. The zero-order chi connectivity index (χ0) is 13.2. The van der Waals surface area contributed by atoms with Gasteiger partial charge in [0, 0.05) is 28.3 Å². The minimum absolute atomic E-state index is 0.540. The van der Waals surface area contributed by atoms with Gasteiger partial charge in [-0.1, -0.05) is 22.0 Å². The Balaban J connectivity index is 1.94. The van der Waals surface area contributed by atoms with E-state index in [1.54, 1.807) is 6.26 Å². The van der Waals surface area contributed by atoms with Gasteiger partial charge < -0.3 is 15.1 Å². The second-order valence-electron chi connectivity index (χ2n) is 4.88. The maximum absolute atomic E-state index is 5.90. The van der Waals surface area contributed by atoms with E-state index in [0.29, 0.717) is 12.6 Å². The van der Waals surface area contributed by atoms with Crippen LogP contribution >= 0.6 is 15.9 Å². The Morgan fingerprint density at radius 2 is 2.11 bits per heavy atom. The minimum atomic E-state index is 0.540. The van der Waals surface area contributed by atoms with Gasteiger partial charge in [-0.05, 0) is 37.1 Å². The summed E-state index contributed by atoms with van der Waals surface area (Å²) in [5, 5.41) is 0. The Hall–Kier alpha value is -1.26. The summed E-state index contributed by atoms with van der Waals surface area (Å²) in [5.74, 6) is 0.995. The molecule has 0 atom stereocenters. The first kappa shape index (κ1) is 12.8. The van der Waals surface area contributed by atoms with Gasteiger partial charge in [-0.15, -0.1) is 0 Å². The van der Waals surface area contributed by atoms with E-state index in [-0.39, 0.29) is 0 Å². The third kappa shape index (κ3) is 2.69. The first-order chi connectivity index (χ1) is 9.29. The molecular weight excluding hydrogens is 304 g/mol. The number of nitrogens with two attached hydrogens (primary N) is 1. The summed E-state index contributed by atoms with van der Waals surface area (Å²) in [4.78, 5) is 2.41. The molecule has 0 spiro atoms. The van der Waals surface area contributed by atoms with Gasteiger partial charge in [0.2, 0.25) is 0 Å². The first-order valence-electron chi connectivity index (χ1n) is 6.56. The third-order valence-electron chi connectivity index (χ3n) is 3.50. The zero-order valence-corrected chi connectivity index (χ0v) is 12.3. The van der Waals surface area contributed by atoms with Gasteiger partial charge >= 0.3 is 0 Å². The lowest BCUT2D eigenvalue weighted by Crippen LogP contribution is -2.26. The van der Waals surface area contributed by atoms with Crippen LogP contribution in [-0.4, -0.2) is 6.04 Å². The lowest BCUT2D eigenvalue weighted by atomic mass is 10.1. The fourth-order valence-electron chi connectivity index (χ4n) is 2.39. The smallest absolute Gasteiger partial charge is 0.123 e. The van der Waals surface area contributed by atoms with Crippen LogP contribution in [0.1, 0.15) is 24.2 Å². The van der Waals surface area contributed by atoms with Crippen molar-refractivity contribution < 1.29 is 4.42 Å². The predicted molar refractivity (Wildman–Crippen MR) is 79.9 cm³/mol. The van der Waals surface area contributed by atoms with Gasteiger partial charge in [0.25, 0.3) is 0 Å². The number of hydrogen-bond donors (Lipinski definition) is 1. The van der Waals surface area contributed by atoms with Crippen molar-refractivity contribution in [2.75, 3.05) is 4.90 Å². The molecular formula is C15H17BrN2O. The van der Waals surface area contributed by atoms with Crippen molar-refractivity contribution in [1.29, 1.82) is 0 Å². The lowest BCUT2D eigenvalue weighted by Gasteiger charge is -2.26. The van der Waals surface area contributed by atoms with E-state index in [4.69, 9.17) is 10.2 Å². The molecule has 0 unspecified atom stereocenters. The number of rotatable bonds is 5. The normalized spacial score (nSPS) is 14.6. The molecule has 4 heteroatoms. The third-order valence-corrected chi connectivity index (χ3v) is 4.24. The monoisotopic (exact) mass is 320 g/mol. The van der Waals surface area contributed by atoms with E-state index in [9.17, 15) is 0 Å². The summed E-state index contributed by atoms with van der Waals surface area (Å²) in [5.41, 5.74) is 8.29. The molecule has 1 saturated carbocycles. The first-order valence-corrected chi connectivity index (χ1v) is 7.35. The standard InChI is InChI=1S/C15H17BrN2O/c16-14-4-1-5-15(13(14)9-17)18(11-6-7-11)10-12-3-2-8-19-12/h1-5,8,11H,6-7,9-10,17H2. The zero-order valence-electron chi connectivity index (χ0n) is 10.7. The molecule has 0 radical (unpaired) electrons. The van der Waals surface area contributed by atoms with E-state index in [2.05, 4.69) is 33.0 Å². The van der Waals surface area contributed by atoms with Crippen LogP contribution < -0.4 is 10.6 Å². The summed E-state index contributed by atoms with van der Waals surface area (Å²) in [6, 6.07) is 10.8. The second-order valence-corrected chi connectivity index (χ2v) is 5.73. The summed E-state index contributed by atoms with van der Waals surface area (Å²) in [6.45, 7) is 1.35. The lowest BCUT2D eigenvalue weighted by molar-refractivity contribution is 0.501. The second kappa shape index (κ2) is 5.39. The number of hydrogen-bond acceptors (Lipinski definition) is 3. The number of nitrogens with zero attached hydrogens (tertiary/aromatic N) is 1. The molecule has 3 nitrogen and oxygen atoms in total. The molecule has 1 heterocycles. The number of furan rings is 1. The van der Waals surface area contributed by atoms with Gasteiger partial charge in [0.1, 0.15) is 5.76 Å². The van der Waals surface area contributed by atoms with Gasteiger partial charge in [-0.3, -0.25) is 0 Å². The molecule has 1 aromatic heterocycles. The molecule has 0 saturated heterocycles. The average molecular weight is 321 g/mol. The fraction of sp³-hybridized carbons (Fsp3) is 0.333. The highest BCUT2D eigenvalue weighted by Crippen LogP contribution is 2.37. The maximum Gasteiger partial charge on any atom is 0.123 e. The molecule has 1 aromatic carbocycles. The van der Waals surface area contributed by atoms with Crippen LogP contribution in [-0.2, 0) is 13.1 Å². The van der Waals surface area contributed by atoms with Crippen molar-refractivity contribution in [3.8, 4) is 0 Å². The molecule has 0 aliphatic heterocycles. The van der Waals surface area contributed by atoms with E-state index in [0.717, 1.165) is 16.8 Å².